The molecule has 0 aliphatic carbocycles. The topological polar surface area (TPSA) is 96.7 Å². The van der Waals surface area contributed by atoms with Crippen molar-refractivity contribution >= 4 is 44.2 Å². The minimum absolute atomic E-state index is 0.268. The summed E-state index contributed by atoms with van der Waals surface area (Å²) < 4.78 is 2.68. The van der Waals surface area contributed by atoms with Gasteiger partial charge in [0.15, 0.2) is 0 Å². The van der Waals surface area contributed by atoms with E-state index < -0.39 is 0 Å². The largest absolute Gasteiger partial charge is 0.383 e. The van der Waals surface area contributed by atoms with Crippen LogP contribution in [0.2, 0.25) is 0 Å². The summed E-state index contributed by atoms with van der Waals surface area (Å²) in [5, 5.41) is 12.8. The van der Waals surface area contributed by atoms with Gasteiger partial charge in [-0.2, -0.15) is 5.26 Å². The van der Waals surface area contributed by atoms with Gasteiger partial charge in [0.2, 0.25) is 5.91 Å². The van der Waals surface area contributed by atoms with Gasteiger partial charge in [0.05, 0.1) is 26.6 Å². The molecule has 124 valence electrons. The molecule has 3 aromatic rings. The lowest BCUT2D eigenvalue weighted by Crippen LogP contribution is -2.06. The summed E-state index contributed by atoms with van der Waals surface area (Å²) >= 11 is 3.59. The predicted molar refractivity (Wildman–Crippen MR) is 102 cm³/mol. The van der Waals surface area contributed by atoms with E-state index in [-0.39, 0.29) is 5.91 Å². The Morgan fingerprint density at radius 3 is 2.72 bits per heavy atom. The van der Waals surface area contributed by atoms with Gasteiger partial charge in [0.1, 0.15) is 11.9 Å². The quantitative estimate of drug-likeness (QED) is 0.662. The molecule has 1 amide bonds. The average molecular weight is 396 g/mol. The summed E-state index contributed by atoms with van der Waals surface area (Å²) in [4.78, 5) is 15.5. The number of halogens is 1. The van der Waals surface area contributed by atoms with Crippen molar-refractivity contribution in [2.24, 2.45) is 7.05 Å². The molecule has 0 fully saturated rings. The van der Waals surface area contributed by atoms with Gasteiger partial charge >= 0.3 is 0 Å². The van der Waals surface area contributed by atoms with Crippen molar-refractivity contribution in [1.82, 2.24) is 9.55 Å². The summed E-state index contributed by atoms with van der Waals surface area (Å²) in [6.07, 6.45) is 2.69. The van der Waals surface area contributed by atoms with E-state index in [1.807, 2.05) is 23.7 Å². The Kier molecular flexibility index (Phi) is 4.30. The Labute approximate surface area is 152 Å². The molecule has 0 saturated heterocycles. The van der Waals surface area contributed by atoms with E-state index in [0.29, 0.717) is 22.5 Å². The number of nitrogens with two attached hydrogens (primary N) is 1. The van der Waals surface area contributed by atoms with Crippen molar-refractivity contribution in [1.29, 1.82) is 5.26 Å². The van der Waals surface area contributed by atoms with Crippen LogP contribution in [-0.2, 0) is 11.8 Å². The maximum atomic E-state index is 11.4. The molecule has 25 heavy (non-hydrogen) atoms. The van der Waals surface area contributed by atoms with Gasteiger partial charge in [-0.05, 0) is 39.7 Å². The standard InChI is InChI=1S/C18H14BrN5O/c1-3-13(25)23-12-6-4-10(5-7-12)17-15(19)14-16(24(17)2)11(8-20)9-22-18(14)21/h3-7,9H,1H2,2H3,(H2,21,22)(H,23,25). The molecule has 0 spiro atoms. The smallest absolute Gasteiger partial charge is 0.247 e. The molecule has 1 aromatic carbocycles. The minimum Gasteiger partial charge on any atom is -0.383 e. The minimum atomic E-state index is -0.268. The maximum absolute atomic E-state index is 11.4. The van der Waals surface area contributed by atoms with Crippen molar-refractivity contribution < 1.29 is 4.79 Å². The number of nitrogens with one attached hydrogen (secondary N) is 1. The van der Waals surface area contributed by atoms with Crippen LogP contribution in [0.1, 0.15) is 5.56 Å². The average Bonchev–Trinajstić information content (AvgIpc) is 2.88. The molecule has 3 N–H and O–H groups in total. The first-order valence-corrected chi connectivity index (χ1v) is 8.13. The number of nitriles is 1. The molecule has 0 atom stereocenters. The highest BCUT2D eigenvalue weighted by Gasteiger charge is 2.20. The lowest BCUT2D eigenvalue weighted by Gasteiger charge is -2.08. The second-order valence-corrected chi connectivity index (χ2v) is 6.18. The zero-order chi connectivity index (χ0) is 18.1. The van der Waals surface area contributed by atoms with Gasteiger partial charge in [-0.25, -0.2) is 4.98 Å². The van der Waals surface area contributed by atoms with Crippen LogP contribution in [-0.4, -0.2) is 15.5 Å². The number of hydrogen-bond acceptors (Lipinski definition) is 4. The van der Waals surface area contributed by atoms with E-state index in [1.165, 1.54) is 12.3 Å². The normalized spacial score (nSPS) is 10.4. The van der Waals surface area contributed by atoms with Gasteiger partial charge in [0.25, 0.3) is 0 Å². The first-order valence-electron chi connectivity index (χ1n) is 7.34. The fourth-order valence-corrected chi connectivity index (χ4v) is 3.65. The van der Waals surface area contributed by atoms with Crippen molar-refractivity contribution in [3.63, 3.8) is 0 Å². The lowest BCUT2D eigenvalue weighted by molar-refractivity contribution is -0.111. The van der Waals surface area contributed by atoms with E-state index in [9.17, 15) is 10.1 Å². The van der Waals surface area contributed by atoms with Gasteiger partial charge in [0, 0.05) is 18.9 Å². The number of nitrogen functional groups attached to an aromatic ring is 1. The molecule has 0 unspecified atom stereocenters. The Balaban J connectivity index is 2.17. The van der Waals surface area contributed by atoms with Crippen molar-refractivity contribution in [2.75, 3.05) is 11.1 Å². The van der Waals surface area contributed by atoms with Crippen LogP contribution in [0.4, 0.5) is 11.5 Å². The number of nitrogens with zero attached hydrogens (tertiary/aromatic N) is 3. The summed E-state index contributed by atoms with van der Waals surface area (Å²) in [5.74, 6) is 0.0913. The van der Waals surface area contributed by atoms with Crippen LogP contribution in [0.3, 0.4) is 0 Å². The Hall–Kier alpha value is -3.11. The molecular formula is C18H14BrN5O. The zero-order valence-corrected chi connectivity index (χ0v) is 15.0. The Morgan fingerprint density at radius 2 is 2.12 bits per heavy atom. The lowest BCUT2D eigenvalue weighted by atomic mass is 10.1. The third-order valence-corrected chi connectivity index (χ3v) is 4.68. The molecule has 0 bridgehead atoms. The van der Waals surface area contributed by atoms with Crippen molar-refractivity contribution in [2.45, 2.75) is 0 Å². The maximum Gasteiger partial charge on any atom is 0.247 e. The summed E-state index contributed by atoms with van der Waals surface area (Å²) in [5.41, 5.74) is 9.63. The Morgan fingerprint density at radius 1 is 1.44 bits per heavy atom. The number of hydrogen-bond donors (Lipinski definition) is 2. The van der Waals surface area contributed by atoms with Crippen molar-refractivity contribution in [3.05, 3.63) is 53.2 Å². The van der Waals surface area contributed by atoms with Crippen LogP contribution in [0.15, 0.2) is 47.6 Å². The number of amides is 1. The second-order valence-electron chi connectivity index (χ2n) is 5.38. The SMILES string of the molecule is C=CC(=O)Nc1ccc(-c2c(Br)c3c(N)ncc(C#N)c3n2C)cc1. The van der Waals surface area contributed by atoms with E-state index >= 15 is 0 Å². The second kappa shape index (κ2) is 6.42. The molecule has 2 heterocycles. The van der Waals surface area contributed by atoms with Gasteiger partial charge in [-0.15, -0.1) is 0 Å². The number of benzene rings is 1. The van der Waals surface area contributed by atoms with Crippen LogP contribution in [0.25, 0.3) is 22.2 Å². The van der Waals surface area contributed by atoms with Crippen molar-refractivity contribution in [3.8, 4) is 17.3 Å². The molecular weight excluding hydrogens is 382 g/mol. The number of aromatic nitrogens is 2. The molecule has 0 radical (unpaired) electrons. The fourth-order valence-electron chi connectivity index (χ4n) is 2.76. The number of fused-ring (bicyclic) bond motifs is 1. The van der Waals surface area contributed by atoms with E-state index in [4.69, 9.17) is 5.73 Å². The first kappa shape index (κ1) is 16.7. The number of rotatable bonds is 3. The van der Waals surface area contributed by atoms with Crippen LogP contribution >= 0.6 is 15.9 Å². The van der Waals surface area contributed by atoms with Gasteiger partial charge < -0.3 is 15.6 Å². The number of carbonyl (C=O) groups excluding carboxylic acids is 1. The predicted octanol–water partition coefficient (Wildman–Crippen LogP) is 3.58. The van der Waals surface area contributed by atoms with Gasteiger partial charge in [-0.3, -0.25) is 4.79 Å². The molecule has 3 rings (SSSR count). The summed E-state index contributed by atoms with van der Waals surface area (Å²) in [6.45, 7) is 3.43. The van der Waals surface area contributed by atoms with Crippen LogP contribution in [0, 0.1) is 11.3 Å². The number of carbonyl (C=O) groups is 1. The van der Waals surface area contributed by atoms with E-state index in [2.05, 4.69) is 38.9 Å². The highest BCUT2D eigenvalue weighted by atomic mass is 79.9. The third kappa shape index (κ3) is 2.77. The Bertz CT molecular complexity index is 1040. The number of pyridine rings is 1. The number of anilines is 2. The summed E-state index contributed by atoms with van der Waals surface area (Å²) in [7, 11) is 1.87. The molecule has 0 saturated carbocycles. The molecule has 2 aromatic heterocycles. The van der Waals surface area contributed by atoms with Crippen LogP contribution < -0.4 is 11.1 Å². The van der Waals surface area contributed by atoms with E-state index in [0.717, 1.165) is 21.2 Å². The monoisotopic (exact) mass is 395 g/mol. The highest BCUT2D eigenvalue weighted by molar-refractivity contribution is 9.10. The number of aryl methyl sites for hydroxylation is 1. The molecule has 0 aliphatic rings. The molecule has 7 heteroatoms. The third-order valence-electron chi connectivity index (χ3n) is 3.91. The van der Waals surface area contributed by atoms with Crippen LogP contribution in [0.5, 0.6) is 0 Å². The molecule has 0 aliphatic heterocycles. The first-order chi connectivity index (χ1) is 12.0. The fraction of sp³-hybridized carbons (Fsp3) is 0.0556. The molecule has 6 nitrogen and oxygen atoms in total. The van der Waals surface area contributed by atoms with Gasteiger partial charge in [-0.1, -0.05) is 18.7 Å². The highest BCUT2D eigenvalue weighted by Crippen LogP contribution is 2.40. The zero-order valence-electron chi connectivity index (χ0n) is 13.4. The summed E-state index contributed by atoms with van der Waals surface area (Å²) in [6, 6.07) is 9.51. The van der Waals surface area contributed by atoms with E-state index in [1.54, 1.807) is 12.1 Å².